The van der Waals surface area contributed by atoms with Crippen LogP contribution in [-0.2, 0) is 0 Å². The predicted octanol–water partition coefficient (Wildman–Crippen LogP) is 4.02. The van der Waals surface area contributed by atoms with Crippen LogP contribution in [0.25, 0.3) is 5.69 Å². The second-order valence-electron chi connectivity index (χ2n) is 6.37. The Labute approximate surface area is 144 Å². The van der Waals surface area contributed by atoms with E-state index in [0.717, 1.165) is 12.1 Å². The van der Waals surface area contributed by atoms with Gasteiger partial charge in [-0.05, 0) is 25.1 Å². The lowest BCUT2D eigenvalue weighted by Crippen LogP contribution is -2.16. The highest BCUT2D eigenvalue weighted by Gasteiger charge is 2.20. The summed E-state index contributed by atoms with van der Waals surface area (Å²) in [6.07, 6.45) is 0. The SMILES string of the molecule is Cc1c(C#C[Si](C)(C)C)c(OC(F)F)nn1-c1cc(F)cc(C#N)c1. The Kier molecular flexibility index (Phi) is 5.24. The molecule has 1 aromatic heterocycles. The fraction of sp³-hybridized carbons (Fsp3) is 0.294. The van der Waals surface area contributed by atoms with Gasteiger partial charge in [0.1, 0.15) is 19.5 Å². The minimum Gasteiger partial charge on any atom is -0.414 e. The largest absolute Gasteiger partial charge is 0.414 e. The van der Waals surface area contributed by atoms with E-state index in [-0.39, 0.29) is 22.7 Å². The number of hydrogen-bond donors (Lipinski definition) is 0. The zero-order valence-corrected chi connectivity index (χ0v) is 15.2. The van der Waals surface area contributed by atoms with Crippen molar-refractivity contribution in [2.45, 2.75) is 33.2 Å². The highest BCUT2D eigenvalue weighted by molar-refractivity contribution is 6.83. The van der Waals surface area contributed by atoms with Crippen molar-refractivity contribution < 1.29 is 17.9 Å². The average Bonchev–Trinajstić information content (AvgIpc) is 2.79. The summed E-state index contributed by atoms with van der Waals surface area (Å²) < 4.78 is 44.8. The molecule has 1 aromatic carbocycles. The van der Waals surface area contributed by atoms with Crippen LogP contribution < -0.4 is 4.74 Å². The first-order valence-corrected chi connectivity index (χ1v) is 10.9. The van der Waals surface area contributed by atoms with Crippen LogP contribution in [0.2, 0.25) is 19.6 Å². The number of hydrogen-bond acceptors (Lipinski definition) is 3. The standard InChI is InChI=1S/C17H16F3N3OSi/c1-11-15(5-6-25(2,3)4)16(24-17(19)20)22-23(11)14-8-12(10-21)7-13(18)9-14/h7-9,17H,1-4H3. The van der Waals surface area contributed by atoms with E-state index in [0.29, 0.717) is 5.69 Å². The maximum atomic E-state index is 13.7. The Balaban J connectivity index is 2.64. The van der Waals surface area contributed by atoms with Crippen LogP contribution in [0.1, 0.15) is 16.8 Å². The first-order valence-electron chi connectivity index (χ1n) is 7.39. The molecule has 0 fully saturated rings. The van der Waals surface area contributed by atoms with Crippen molar-refractivity contribution in [2.24, 2.45) is 0 Å². The fourth-order valence-corrected chi connectivity index (χ4v) is 2.55. The van der Waals surface area contributed by atoms with Crippen molar-refractivity contribution in [1.82, 2.24) is 9.78 Å². The van der Waals surface area contributed by atoms with Crippen molar-refractivity contribution in [3.8, 4) is 29.1 Å². The van der Waals surface area contributed by atoms with Crippen LogP contribution in [0.4, 0.5) is 13.2 Å². The predicted molar refractivity (Wildman–Crippen MR) is 89.8 cm³/mol. The molecule has 0 saturated heterocycles. The minimum absolute atomic E-state index is 0.0935. The summed E-state index contributed by atoms with van der Waals surface area (Å²) in [6.45, 7) is 4.60. The van der Waals surface area contributed by atoms with Gasteiger partial charge < -0.3 is 4.74 Å². The van der Waals surface area contributed by atoms with Gasteiger partial charge in [0.2, 0.25) is 0 Å². The Morgan fingerprint density at radius 2 is 1.92 bits per heavy atom. The number of nitriles is 1. The van der Waals surface area contributed by atoms with E-state index in [1.165, 1.54) is 10.7 Å². The molecule has 0 unspecified atom stereocenters. The molecule has 2 aromatic rings. The first kappa shape index (κ1) is 18.6. The summed E-state index contributed by atoms with van der Waals surface area (Å²) in [4.78, 5) is 0. The maximum Gasteiger partial charge on any atom is 0.388 e. The summed E-state index contributed by atoms with van der Waals surface area (Å²) in [5.74, 6) is 1.92. The van der Waals surface area contributed by atoms with Crippen LogP contribution >= 0.6 is 0 Å². The highest BCUT2D eigenvalue weighted by atomic mass is 28.3. The topological polar surface area (TPSA) is 50.8 Å². The molecular formula is C17H16F3N3OSi. The third-order valence-electron chi connectivity index (χ3n) is 3.10. The molecule has 0 saturated carbocycles. The number of ether oxygens (including phenoxy) is 1. The Hall–Kier alpha value is -2.71. The Morgan fingerprint density at radius 3 is 2.48 bits per heavy atom. The lowest BCUT2D eigenvalue weighted by molar-refractivity contribution is -0.0532. The molecule has 0 bridgehead atoms. The van der Waals surface area contributed by atoms with Gasteiger partial charge in [-0.2, -0.15) is 14.0 Å². The molecule has 2 rings (SSSR count). The van der Waals surface area contributed by atoms with Crippen molar-refractivity contribution in [2.75, 3.05) is 0 Å². The number of rotatable bonds is 3. The van der Waals surface area contributed by atoms with E-state index >= 15 is 0 Å². The number of benzene rings is 1. The summed E-state index contributed by atoms with van der Waals surface area (Å²) >= 11 is 0. The van der Waals surface area contributed by atoms with Gasteiger partial charge in [-0.15, -0.1) is 10.6 Å². The monoisotopic (exact) mass is 363 g/mol. The van der Waals surface area contributed by atoms with Crippen molar-refractivity contribution in [3.05, 3.63) is 40.8 Å². The smallest absolute Gasteiger partial charge is 0.388 e. The van der Waals surface area contributed by atoms with E-state index < -0.39 is 20.5 Å². The van der Waals surface area contributed by atoms with Crippen LogP contribution in [0.15, 0.2) is 18.2 Å². The maximum absolute atomic E-state index is 13.7. The molecule has 0 aliphatic heterocycles. The van der Waals surface area contributed by atoms with Gasteiger partial charge in [-0.1, -0.05) is 25.6 Å². The molecule has 1 heterocycles. The van der Waals surface area contributed by atoms with E-state index in [1.807, 2.05) is 25.7 Å². The van der Waals surface area contributed by atoms with Gasteiger partial charge in [-0.25, -0.2) is 9.07 Å². The first-order chi connectivity index (χ1) is 11.6. The van der Waals surface area contributed by atoms with Crippen LogP contribution in [-0.4, -0.2) is 24.5 Å². The number of aromatic nitrogens is 2. The van der Waals surface area contributed by atoms with Gasteiger partial charge in [0.15, 0.2) is 0 Å². The molecule has 0 amide bonds. The zero-order chi connectivity index (χ0) is 18.8. The lowest BCUT2D eigenvalue weighted by Gasteiger charge is -2.05. The van der Waals surface area contributed by atoms with Crippen LogP contribution in [0.3, 0.4) is 0 Å². The van der Waals surface area contributed by atoms with Crippen LogP contribution in [0.5, 0.6) is 5.88 Å². The van der Waals surface area contributed by atoms with E-state index in [9.17, 15) is 13.2 Å². The minimum atomic E-state index is -3.06. The molecule has 0 atom stereocenters. The molecule has 130 valence electrons. The summed E-state index contributed by atoms with van der Waals surface area (Å²) in [5.41, 5.74) is 4.05. The van der Waals surface area contributed by atoms with E-state index in [2.05, 4.69) is 21.3 Å². The lowest BCUT2D eigenvalue weighted by atomic mass is 10.2. The molecule has 8 heteroatoms. The van der Waals surface area contributed by atoms with Crippen molar-refractivity contribution in [3.63, 3.8) is 0 Å². The quantitative estimate of drug-likeness (QED) is 0.611. The second kappa shape index (κ2) is 7.04. The highest BCUT2D eigenvalue weighted by Crippen LogP contribution is 2.26. The molecule has 25 heavy (non-hydrogen) atoms. The van der Waals surface area contributed by atoms with Crippen LogP contribution in [0, 0.1) is 35.5 Å². The molecule has 0 aliphatic carbocycles. The zero-order valence-electron chi connectivity index (χ0n) is 14.2. The third kappa shape index (κ3) is 4.65. The summed E-state index contributed by atoms with van der Waals surface area (Å²) in [5, 5.41) is 13.0. The van der Waals surface area contributed by atoms with E-state index in [4.69, 9.17) is 5.26 Å². The fourth-order valence-electron chi connectivity index (χ4n) is 2.05. The van der Waals surface area contributed by atoms with Gasteiger partial charge in [0.05, 0.1) is 23.0 Å². The summed E-state index contributed by atoms with van der Waals surface area (Å²) in [6, 6.07) is 5.48. The Morgan fingerprint density at radius 1 is 1.24 bits per heavy atom. The van der Waals surface area contributed by atoms with Crippen molar-refractivity contribution >= 4 is 8.07 Å². The summed E-state index contributed by atoms with van der Waals surface area (Å²) in [7, 11) is -1.76. The van der Waals surface area contributed by atoms with Crippen molar-refractivity contribution in [1.29, 1.82) is 5.26 Å². The normalized spacial score (nSPS) is 11.0. The third-order valence-corrected chi connectivity index (χ3v) is 3.98. The van der Waals surface area contributed by atoms with Gasteiger partial charge >= 0.3 is 6.61 Å². The molecule has 4 nitrogen and oxygen atoms in total. The second-order valence-corrected chi connectivity index (χ2v) is 11.1. The van der Waals surface area contributed by atoms with Gasteiger partial charge in [0, 0.05) is 0 Å². The number of nitrogens with zero attached hydrogens (tertiary/aromatic N) is 3. The number of halogens is 3. The molecular weight excluding hydrogens is 347 g/mol. The Bertz CT molecular complexity index is 899. The molecule has 0 N–H and O–H groups in total. The molecule has 0 aliphatic rings. The average molecular weight is 363 g/mol. The van der Waals surface area contributed by atoms with Gasteiger partial charge in [-0.3, -0.25) is 0 Å². The van der Waals surface area contributed by atoms with Gasteiger partial charge in [0.25, 0.3) is 5.88 Å². The number of alkyl halides is 2. The van der Waals surface area contributed by atoms with E-state index in [1.54, 1.807) is 6.92 Å². The molecule has 0 spiro atoms. The molecule has 0 radical (unpaired) electrons.